The number of carbonyl (C=O) groups excluding carboxylic acids is 2. The molecule has 0 aliphatic rings. The second kappa shape index (κ2) is 10.5. The van der Waals surface area contributed by atoms with Gasteiger partial charge >= 0.3 is 0 Å². The van der Waals surface area contributed by atoms with Crippen molar-refractivity contribution in [3.8, 4) is 17.2 Å². The van der Waals surface area contributed by atoms with Gasteiger partial charge in [0.25, 0.3) is 0 Å². The molecule has 2 amide bonds. The van der Waals surface area contributed by atoms with Crippen LogP contribution in [0.4, 0.5) is 5.69 Å². The van der Waals surface area contributed by atoms with Gasteiger partial charge in [-0.05, 0) is 47.9 Å². The summed E-state index contributed by atoms with van der Waals surface area (Å²) in [6, 6.07) is 7.93. The van der Waals surface area contributed by atoms with Crippen molar-refractivity contribution < 1.29 is 23.8 Å². The third-order valence-electron chi connectivity index (χ3n) is 3.98. The largest absolute Gasteiger partial charge is 0.495 e. The van der Waals surface area contributed by atoms with Crippen LogP contribution in [0.15, 0.2) is 36.4 Å². The molecule has 0 saturated carbocycles. The molecule has 2 rings (SSSR count). The minimum atomic E-state index is -0.606. The molecule has 0 spiro atoms. The fourth-order valence-electron chi connectivity index (χ4n) is 2.53. The highest BCUT2D eigenvalue weighted by molar-refractivity contribution is 6.32. The van der Waals surface area contributed by atoms with Crippen LogP contribution in [0.3, 0.4) is 0 Å². The Morgan fingerprint density at radius 3 is 2.43 bits per heavy atom. The van der Waals surface area contributed by atoms with Gasteiger partial charge in [-0.2, -0.15) is 0 Å². The summed E-state index contributed by atoms with van der Waals surface area (Å²) in [5.74, 6) is 0.633. The fraction of sp³-hybridized carbons (Fsp3) is 0.273. The van der Waals surface area contributed by atoms with Crippen LogP contribution in [-0.2, 0) is 4.79 Å². The Morgan fingerprint density at radius 2 is 1.83 bits per heavy atom. The number of amides is 2. The Hall–Kier alpha value is -3.19. The maximum absolute atomic E-state index is 12.4. The van der Waals surface area contributed by atoms with E-state index < -0.39 is 11.8 Å². The molecule has 0 heterocycles. The van der Waals surface area contributed by atoms with Crippen molar-refractivity contribution in [2.75, 3.05) is 26.1 Å². The number of hydrogen-bond acceptors (Lipinski definition) is 5. The minimum absolute atomic E-state index is 0.253. The lowest BCUT2D eigenvalue weighted by atomic mass is 10.1. The Morgan fingerprint density at radius 1 is 1.13 bits per heavy atom. The molecule has 0 aliphatic heterocycles. The van der Waals surface area contributed by atoms with E-state index in [0.29, 0.717) is 46.0 Å². The van der Waals surface area contributed by atoms with Gasteiger partial charge in [0.05, 0.1) is 31.5 Å². The topological polar surface area (TPSA) is 99.9 Å². The van der Waals surface area contributed by atoms with E-state index in [1.165, 1.54) is 32.4 Å². The average Bonchev–Trinajstić information content (AvgIpc) is 2.70. The maximum atomic E-state index is 12.4. The molecule has 0 unspecified atom stereocenters. The molecular weight excluding hydrogens is 408 g/mol. The fourth-order valence-corrected chi connectivity index (χ4v) is 2.80. The van der Waals surface area contributed by atoms with Gasteiger partial charge in [0, 0.05) is 11.6 Å². The lowest BCUT2D eigenvalue weighted by molar-refractivity contribution is -0.111. The van der Waals surface area contributed by atoms with Gasteiger partial charge in [0.2, 0.25) is 11.8 Å². The number of rotatable bonds is 9. The molecule has 2 aromatic rings. The summed E-state index contributed by atoms with van der Waals surface area (Å²) in [6.45, 7) is 4.56. The molecule has 0 atom stereocenters. The highest BCUT2D eigenvalue weighted by Gasteiger charge is 2.13. The Balaban J connectivity index is 2.19. The van der Waals surface area contributed by atoms with Gasteiger partial charge in [-0.3, -0.25) is 9.59 Å². The normalized spacial score (nSPS) is 10.9. The summed E-state index contributed by atoms with van der Waals surface area (Å²) >= 11 is 6.33. The third kappa shape index (κ3) is 6.15. The number of nitrogens with one attached hydrogen (secondary N) is 1. The zero-order valence-corrected chi connectivity index (χ0v) is 18.1. The first kappa shape index (κ1) is 23.1. The number of nitrogens with two attached hydrogens (primary N) is 1. The number of anilines is 1. The summed E-state index contributed by atoms with van der Waals surface area (Å²) in [5, 5.41) is 3.05. The molecule has 0 bridgehead atoms. The first-order chi connectivity index (χ1) is 14.2. The second-order valence-electron chi connectivity index (χ2n) is 6.84. The predicted octanol–water partition coefficient (Wildman–Crippen LogP) is 4.14. The lowest BCUT2D eigenvalue weighted by Gasteiger charge is -2.14. The van der Waals surface area contributed by atoms with E-state index in [-0.39, 0.29) is 5.56 Å². The zero-order valence-electron chi connectivity index (χ0n) is 17.3. The Labute approximate surface area is 180 Å². The molecule has 0 radical (unpaired) electrons. The zero-order chi connectivity index (χ0) is 22.3. The van der Waals surface area contributed by atoms with Gasteiger partial charge in [0.15, 0.2) is 11.5 Å². The molecule has 3 N–H and O–H groups in total. The van der Waals surface area contributed by atoms with Crippen molar-refractivity contribution in [2.45, 2.75) is 13.8 Å². The van der Waals surface area contributed by atoms with Gasteiger partial charge in [-0.15, -0.1) is 0 Å². The number of carbonyl (C=O) groups is 2. The molecule has 0 saturated heterocycles. The number of primary amides is 1. The van der Waals surface area contributed by atoms with Crippen LogP contribution in [0.5, 0.6) is 17.2 Å². The van der Waals surface area contributed by atoms with E-state index in [1.807, 2.05) is 13.8 Å². The van der Waals surface area contributed by atoms with Crippen LogP contribution in [-0.4, -0.2) is 32.6 Å². The third-order valence-corrected chi connectivity index (χ3v) is 4.26. The standard InChI is InChI=1S/C22H25ClN2O5/c1-13(2)12-30-21-16(23)9-14(10-19(21)29-4)5-8-20(26)25-17-11-15(22(24)27)6-7-18(17)28-3/h5-11,13H,12H2,1-4H3,(H2,24,27)(H,25,26)/b8-5+. The molecule has 160 valence electrons. The van der Waals surface area contributed by atoms with Crippen molar-refractivity contribution in [2.24, 2.45) is 11.7 Å². The van der Waals surface area contributed by atoms with Crippen molar-refractivity contribution in [3.05, 3.63) is 52.6 Å². The summed E-state index contributed by atoms with van der Waals surface area (Å²) in [4.78, 5) is 23.7. The quantitative estimate of drug-likeness (QED) is 0.580. The smallest absolute Gasteiger partial charge is 0.248 e. The van der Waals surface area contributed by atoms with E-state index in [0.717, 1.165) is 0 Å². The van der Waals surface area contributed by atoms with Gasteiger partial charge < -0.3 is 25.3 Å². The minimum Gasteiger partial charge on any atom is -0.495 e. The molecule has 8 heteroatoms. The van der Waals surface area contributed by atoms with Crippen LogP contribution < -0.4 is 25.3 Å². The van der Waals surface area contributed by atoms with Gasteiger partial charge in [0.1, 0.15) is 5.75 Å². The SMILES string of the molecule is COc1ccc(C(N)=O)cc1NC(=O)/C=C/c1cc(Cl)c(OCC(C)C)c(OC)c1. The van der Waals surface area contributed by atoms with Crippen LogP contribution in [0.25, 0.3) is 6.08 Å². The van der Waals surface area contributed by atoms with E-state index >= 15 is 0 Å². The van der Waals surface area contributed by atoms with Crippen molar-refractivity contribution in [3.63, 3.8) is 0 Å². The molecule has 0 aliphatic carbocycles. The molecule has 7 nitrogen and oxygen atoms in total. The van der Waals surface area contributed by atoms with Crippen LogP contribution in [0, 0.1) is 5.92 Å². The maximum Gasteiger partial charge on any atom is 0.248 e. The summed E-state index contributed by atoms with van der Waals surface area (Å²) < 4.78 is 16.3. The number of methoxy groups -OCH3 is 2. The molecule has 0 fully saturated rings. The van der Waals surface area contributed by atoms with Crippen LogP contribution in [0.2, 0.25) is 5.02 Å². The van der Waals surface area contributed by atoms with Gasteiger partial charge in [-0.25, -0.2) is 0 Å². The molecule has 30 heavy (non-hydrogen) atoms. The van der Waals surface area contributed by atoms with Crippen molar-refractivity contribution >= 4 is 35.2 Å². The van der Waals surface area contributed by atoms with Gasteiger partial charge in [-0.1, -0.05) is 25.4 Å². The predicted molar refractivity (Wildman–Crippen MR) is 118 cm³/mol. The van der Waals surface area contributed by atoms with E-state index in [2.05, 4.69) is 5.32 Å². The van der Waals surface area contributed by atoms with Crippen molar-refractivity contribution in [1.82, 2.24) is 0 Å². The Kier molecular flexibility index (Phi) is 8.12. The summed E-state index contributed by atoms with van der Waals surface area (Å²) in [7, 11) is 2.98. The number of ether oxygens (including phenoxy) is 3. The highest BCUT2D eigenvalue weighted by atomic mass is 35.5. The summed E-state index contributed by atoms with van der Waals surface area (Å²) in [6.07, 6.45) is 2.91. The average molecular weight is 433 g/mol. The molecule has 0 aromatic heterocycles. The molecule has 2 aromatic carbocycles. The second-order valence-corrected chi connectivity index (χ2v) is 7.25. The van der Waals surface area contributed by atoms with Crippen molar-refractivity contribution in [1.29, 1.82) is 0 Å². The van der Waals surface area contributed by atoms with E-state index in [1.54, 1.807) is 24.3 Å². The number of hydrogen-bond donors (Lipinski definition) is 2. The monoisotopic (exact) mass is 432 g/mol. The van der Waals surface area contributed by atoms with Crippen LogP contribution in [0.1, 0.15) is 29.8 Å². The van der Waals surface area contributed by atoms with Crippen LogP contribution >= 0.6 is 11.6 Å². The first-order valence-electron chi connectivity index (χ1n) is 9.22. The Bertz CT molecular complexity index is 957. The molecular formula is C22H25ClN2O5. The highest BCUT2D eigenvalue weighted by Crippen LogP contribution is 2.37. The van der Waals surface area contributed by atoms with E-state index in [9.17, 15) is 9.59 Å². The number of benzene rings is 2. The van der Waals surface area contributed by atoms with E-state index in [4.69, 9.17) is 31.5 Å². The summed E-state index contributed by atoms with van der Waals surface area (Å²) in [5.41, 5.74) is 6.53. The first-order valence-corrected chi connectivity index (χ1v) is 9.60. The lowest BCUT2D eigenvalue weighted by Crippen LogP contribution is -2.13. The number of halogens is 1.